The lowest BCUT2D eigenvalue weighted by molar-refractivity contribution is 0.179. The zero-order valence-corrected chi connectivity index (χ0v) is 32.8. The zero-order valence-electron chi connectivity index (χ0n) is 24.9. The van der Waals surface area contributed by atoms with Gasteiger partial charge in [0.25, 0.3) is 0 Å². The lowest BCUT2D eigenvalue weighted by Gasteiger charge is -2.11. The van der Waals surface area contributed by atoms with Crippen molar-refractivity contribution in [1.29, 1.82) is 0 Å². The average Bonchev–Trinajstić information content (AvgIpc) is 2.71. The van der Waals surface area contributed by atoms with Crippen LogP contribution in [0, 0.1) is 0 Å². The molecule has 0 fully saturated rings. The molecule has 0 aromatic carbocycles. The van der Waals surface area contributed by atoms with E-state index in [1.165, 1.54) is 6.08 Å². The Morgan fingerprint density at radius 3 is 1.30 bits per heavy atom. The maximum absolute atomic E-state index is 10.8. The lowest BCUT2D eigenvalue weighted by atomic mass is 10.3. The van der Waals surface area contributed by atoms with Crippen molar-refractivity contribution in [3.63, 3.8) is 0 Å². The fraction of sp³-hybridized carbons (Fsp3) is 0.619. The first-order valence-corrected chi connectivity index (χ1v) is 23.5. The molecule has 268 valence electrons. The van der Waals surface area contributed by atoms with Crippen LogP contribution >= 0.6 is 68.2 Å². The van der Waals surface area contributed by atoms with Gasteiger partial charge in [-0.2, -0.15) is 8.62 Å². The molecule has 23 heteroatoms. The van der Waals surface area contributed by atoms with Gasteiger partial charge in [-0.05, 0) is 60.3 Å². The van der Waals surface area contributed by atoms with Crippen LogP contribution in [0.5, 0.6) is 0 Å². The Hall–Kier alpha value is 0.990. The van der Waals surface area contributed by atoms with Crippen LogP contribution < -0.4 is 0 Å². The number of allylic oxidation sites excluding steroid dienone is 2. The fourth-order valence-corrected chi connectivity index (χ4v) is 4.44. The minimum absolute atomic E-state index is 0. The van der Waals surface area contributed by atoms with Gasteiger partial charge < -0.3 is 39.6 Å². The van der Waals surface area contributed by atoms with Crippen LogP contribution in [0.1, 0.15) is 61.8 Å². The van der Waals surface area contributed by atoms with Crippen LogP contribution in [0.2, 0.25) is 0 Å². The minimum atomic E-state index is -5.01. The van der Waals surface area contributed by atoms with E-state index in [0.717, 1.165) is 29.1 Å². The summed E-state index contributed by atoms with van der Waals surface area (Å²) in [5.41, 5.74) is 3.75. The molecule has 0 aliphatic carbocycles. The van der Waals surface area contributed by atoms with Gasteiger partial charge in [-0.1, -0.05) is 63.9 Å². The summed E-state index contributed by atoms with van der Waals surface area (Å²) in [6.45, 7) is 18.0. The second-order valence-corrected chi connectivity index (χ2v) is 20.3. The van der Waals surface area contributed by atoms with Gasteiger partial charge in [0.15, 0.2) is 0 Å². The molecule has 0 aromatic heterocycles. The number of hydrogen-bond donors (Lipinski definition) is 8. The molecule has 0 rings (SSSR count). The van der Waals surface area contributed by atoms with Crippen LogP contribution in [0.3, 0.4) is 0 Å². The number of halogens is 1. The largest absolute Gasteiger partial charge is 0.481 e. The summed E-state index contributed by atoms with van der Waals surface area (Å²) in [4.78, 5) is 50.4. The van der Waals surface area contributed by atoms with Crippen molar-refractivity contribution in [3.8, 4) is 0 Å². The Labute approximate surface area is 278 Å². The van der Waals surface area contributed by atoms with Crippen molar-refractivity contribution in [1.82, 2.24) is 0 Å². The van der Waals surface area contributed by atoms with Gasteiger partial charge in [0.05, 0.1) is 19.8 Å². The number of rotatable bonds is 14. The highest BCUT2D eigenvalue weighted by Crippen LogP contribution is 2.58. The van der Waals surface area contributed by atoms with E-state index in [2.05, 4.69) is 61.8 Å². The highest BCUT2D eigenvalue weighted by atomic mass is 127. The second kappa shape index (κ2) is 32.5. The number of phosphoric acid groups is 4. The summed E-state index contributed by atoms with van der Waals surface area (Å²) in [6, 6.07) is 0. The molecule has 0 aliphatic rings. The molecular weight excluding hydrogens is 821 g/mol. The van der Waals surface area contributed by atoms with Crippen molar-refractivity contribution >= 4 is 68.2 Å². The fourth-order valence-electron chi connectivity index (χ4n) is 1.32. The van der Waals surface area contributed by atoms with E-state index in [4.69, 9.17) is 39.6 Å². The summed E-state index contributed by atoms with van der Waals surface area (Å²) in [5.74, 6) is 0.970. The van der Waals surface area contributed by atoms with E-state index in [1.54, 1.807) is 26.8 Å². The summed E-state index contributed by atoms with van der Waals surface area (Å²) in [7, 11) is -16.8. The first kappa shape index (κ1) is 57.3. The molecule has 0 bridgehead atoms. The molecular formula is C21H51IO16P6. The molecule has 0 amide bonds. The Bertz CT molecular complexity index is 1000. The van der Waals surface area contributed by atoms with Crippen molar-refractivity contribution in [2.24, 2.45) is 0 Å². The van der Waals surface area contributed by atoms with Gasteiger partial charge in [-0.3, -0.25) is 9.05 Å². The van der Waals surface area contributed by atoms with Gasteiger partial charge in [-0.25, -0.2) is 18.3 Å². The molecule has 0 radical (unpaired) electrons. The van der Waals surface area contributed by atoms with Crippen molar-refractivity contribution in [2.75, 3.05) is 26.4 Å². The first-order valence-electron chi connectivity index (χ1n) is 11.5. The summed E-state index contributed by atoms with van der Waals surface area (Å²) in [6.07, 6.45) is 4.26. The van der Waals surface area contributed by atoms with Crippen molar-refractivity contribution in [2.45, 2.75) is 61.8 Å². The predicted octanol–water partition coefficient (Wildman–Crippen LogP) is 6.69. The maximum atomic E-state index is 10.8. The Kier molecular flexibility index (Phi) is 42.3. The molecule has 16 nitrogen and oxygen atoms in total. The summed E-state index contributed by atoms with van der Waals surface area (Å²) in [5, 5.41) is 16.3. The molecule has 0 aliphatic heterocycles. The van der Waals surface area contributed by atoms with Gasteiger partial charge in [0, 0.05) is 6.61 Å². The third-order valence-electron chi connectivity index (χ3n) is 2.97. The van der Waals surface area contributed by atoms with E-state index in [1.807, 2.05) is 20.8 Å². The van der Waals surface area contributed by atoms with Crippen LogP contribution in [0.25, 0.3) is 0 Å². The third-order valence-corrected chi connectivity index (χ3v) is 7.31. The molecule has 44 heavy (non-hydrogen) atoms. The smallest absolute Gasteiger partial charge is 0.396 e. The SMILES string of the molecule is C.C=C(C)CCO.C=C(C)CCOP(=O)(O)OP(=O)(O)O.CC(C)=CCO.CC(C)=CCOP(=O)(O)OP(=O)(O)O.PPI. The van der Waals surface area contributed by atoms with Gasteiger partial charge >= 0.3 is 31.3 Å². The van der Waals surface area contributed by atoms with E-state index >= 15 is 0 Å². The summed E-state index contributed by atoms with van der Waals surface area (Å²) < 4.78 is 57.5. The molecule has 4 atom stereocenters. The maximum Gasteiger partial charge on any atom is 0.481 e. The second-order valence-electron chi connectivity index (χ2n) is 8.20. The monoisotopic (exact) mass is 872 g/mol. The number of phosphoric ester groups is 2. The normalized spacial score (nSPS) is 13.2. The van der Waals surface area contributed by atoms with Crippen LogP contribution in [-0.4, -0.2) is 66.0 Å². The Morgan fingerprint density at radius 1 is 0.750 bits per heavy atom. The van der Waals surface area contributed by atoms with Crippen LogP contribution in [-0.2, 0) is 35.9 Å². The van der Waals surface area contributed by atoms with Crippen molar-refractivity contribution in [3.05, 3.63) is 47.6 Å². The zero-order chi connectivity index (χ0) is 35.5. The minimum Gasteiger partial charge on any atom is -0.396 e. The van der Waals surface area contributed by atoms with E-state index < -0.39 is 31.3 Å². The number of aliphatic hydroxyl groups excluding tert-OH is 2. The summed E-state index contributed by atoms with van der Waals surface area (Å²) >= 11 is 2.28. The Morgan fingerprint density at radius 2 is 1.09 bits per heavy atom. The lowest BCUT2D eigenvalue weighted by Crippen LogP contribution is -1.96. The number of hydrogen-bond acceptors (Lipinski definition) is 10. The van der Waals surface area contributed by atoms with Crippen LogP contribution in [0.15, 0.2) is 47.6 Å². The van der Waals surface area contributed by atoms with Crippen LogP contribution in [0.4, 0.5) is 0 Å². The van der Waals surface area contributed by atoms with Crippen molar-refractivity contribution < 1.29 is 75.5 Å². The standard InChI is InChI=1S/2C5H12O7P2.2C5H10O.CH4.H3IP2/c2*1-5(2)3-4-11-14(9,10)12-13(6,7)8;2*1-5(2)3-4-6;;1-3-2/h3H,4H2,1-2H3,(H,9,10)(H2,6,7,8);1,3-4H2,2H3,(H,9,10)(H2,6,7,8);3,6H,4H2,1-2H3;6H,1,3-4H2,2H3;1H4;3H,2H2. The quantitative estimate of drug-likeness (QED) is 0.0513. The predicted molar refractivity (Wildman–Crippen MR) is 188 cm³/mol. The molecule has 4 unspecified atom stereocenters. The molecule has 0 heterocycles. The molecule has 0 spiro atoms. The number of aliphatic hydroxyl groups is 2. The van der Waals surface area contributed by atoms with E-state index in [9.17, 15) is 18.3 Å². The third kappa shape index (κ3) is 69.6. The highest BCUT2D eigenvalue weighted by molar-refractivity contribution is 14.2. The Balaban J connectivity index is -0.000000112. The van der Waals surface area contributed by atoms with E-state index in [-0.39, 0.29) is 33.9 Å². The molecule has 0 aromatic rings. The molecule has 0 saturated carbocycles. The van der Waals surface area contributed by atoms with Gasteiger partial charge in [-0.15, -0.1) is 22.1 Å². The topological polar surface area (TPSA) is 267 Å². The first-order chi connectivity index (χ1) is 19.2. The van der Waals surface area contributed by atoms with E-state index in [0.29, 0.717) is 12.0 Å². The molecule has 0 saturated heterocycles. The molecule has 8 N–H and O–H groups in total. The van der Waals surface area contributed by atoms with Gasteiger partial charge in [0.2, 0.25) is 0 Å². The highest BCUT2D eigenvalue weighted by Gasteiger charge is 2.32. The average molecular weight is 872 g/mol. The van der Waals surface area contributed by atoms with Gasteiger partial charge in [0.1, 0.15) is 0 Å².